The lowest BCUT2D eigenvalue weighted by atomic mass is 9.94. The van der Waals surface area contributed by atoms with Gasteiger partial charge in [-0.05, 0) is 26.7 Å². The third kappa shape index (κ3) is 2.69. The van der Waals surface area contributed by atoms with Crippen molar-refractivity contribution >= 4 is 0 Å². The normalized spacial score (nSPS) is 31.7. The zero-order chi connectivity index (χ0) is 10.6. The minimum atomic E-state index is 0.490. The van der Waals surface area contributed by atoms with E-state index >= 15 is 0 Å². The molecule has 1 heterocycles. The maximum absolute atomic E-state index is 5.81. The number of nitrogens with zero attached hydrogens (tertiary/aromatic N) is 1. The van der Waals surface area contributed by atoms with Gasteiger partial charge >= 0.3 is 0 Å². The van der Waals surface area contributed by atoms with Gasteiger partial charge in [0.2, 0.25) is 0 Å². The Bertz CT molecular complexity index is 163. The Morgan fingerprint density at radius 1 is 1.50 bits per heavy atom. The van der Waals surface area contributed by atoms with Crippen molar-refractivity contribution in [2.75, 3.05) is 20.3 Å². The van der Waals surface area contributed by atoms with Gasteiger partial charge in [0.15, 0.2) is 0 Å². The maximum Gasteiger partial charge on any atom is 0.0615 e. The lowest BCUT2D eigenvalue weighted by molar-refractivity contribution is 0.0182. The Morgan fingerprint density at radius 2 is 2.21 bits per heavy atom. The summed E-state index contributed by atoms with van der Waals surface area (Å²) in [5.41, 5.74) is 5.81. The third-order valence-corrected chi connectivity index (χ3v) is 3.28. The van der Waals surface area contributed by atoms with E-state index in [2.05, 4.69) is 18.7 Å². The molecule has 0 radical (unpaired) electrons. The summed E-state index contributed by atoms with van der Waals surface area (Å²) in [5, 5.41) is 0. The van der Waals surface area contributed by atoms with Crippen LogP contribution in [-0.2, 0) is 4.74 Å². The van der Waals surface area contributed by atoms with Gasteiger partial charge in [0.25, 0.3) is 0 Å². The molecule has 0 aromatic carbocycles. The van der Waals surface area contributed by atoms with Crippen LogP contribution in [0.25, 0.3) is 0 Å². The minimum Gasteiger partial charge on any atom is -0.383 e. The first-order valence-corrected chi connectivity index (χ1v) is 5.67. The van der Waals surface area contributed by atoms with E-state index in [-0.39, 0.29) is 0 Å². The fourth-order valence-electron chi connectivity index (χ4n) is 2.67. The zero-order valence-electron chi connectivity index (χ0n) is 9.70. The summed E-state index contributed by atoms with van der Waals surface area (Å²) in [7, 11) is 1.77. The van der Waals surface area contributed by atoms with Gasteiger partial charge in [0.05, 0.1) is 6.61 Å². The molecule has 0 spiro atoms. The van der Waals surface area contributed by atoms with Crippen molar-refractivity contribution in [2.24, 2.45) is 5.73 Å². The highest BCUT2D eigenvalue weighted by molar-refractivity contribution is 4.86. The van der Waals surface area contributed by atoms with Gasteiger partial charge in [0, 0.05) is 31.8 Å². The second-order valence-electron chi connectivity index (χ2n) is 4.42. The molecule has 3 heteroatoms. The largest absolute Gasteiger partial charge is 0.383 e. The molecule has 0 saturated carbocycles. The zero-order valence-corrected chi connectivity index (χ0v) is 9.70. The summed E-state index contributed by atoms with van der Waals surface area (Å²) < 4.78 is 5.22. The lowest BCUT2D eigenvalue weighted by Gasteiger charge is -2.43. The van der Waals surface area contributed by atoms with Crippen molar-refractivity contribution in [2.45, 2.75) is 51.2 Å². The average molecular weight is 200 g/mol. The first-order chi connectivity index (χ1) is 6.70. The van der Waals surface area contributed by atoms with Gasteiger partial charge in [0.1, 0.15) is 0 Å². The van der Waals surface area contributed by atoms with E-state index in [4.69, 9.17) is 10.5 Å². The molecule has 14 heavy (non-hydrogen) atoms. The molecular weight excluding hydrogens is 176 g/mol. The van der Waals surface area contributed by atoms with Crippen molar-refractivity contribution in [3.8, 4) is 0 Å². The van der Waals surface area contributed by atoms with Crippen molar-refractivity contribution in [1.82, 2.24) is 4.90 Å². The van der Waals surface area contributed by atoms with Gasteiger partial charge in [-0.3, -0.25) is 4.90 Å². The third-order valence-electron chi connectivity index (χ3n) is 3.28. The number of likely N-dealkylation sites (tertiary alicyclic amines) is 1. The lowest BCUT2D eigenvalue weighted by Crippen LogP contribution is -2.54. The smallest absolute Gasteiger partial charge is 0.0615 e. The number of nitrogens with two attached hydrogens (primary N) is 1. The second-order valence-corrected chi connectivity index (χ2v) is 4.42. The first-order valence-electron chi connectivity index (χ1n) is 5.67. The molecule has 0 aromatic heterocycles. The van der Waals surface area contributed by atoms with E-state index in [9.17, 15) is 0 Å². The van der Waals surface area contributed by atoms with E-state index < -0.39 is 0 Å². The molecule has 84 valence electrons. The number of hydrogen-bond donors (Lipinski definition) is 1. The monoisotopic (exact) mass is 200 g/mol. The number of piperidine rings is 1. The summed E-state index contributed by atoms with van der Waals surface area (Å²) in [4.78, 5) is 2.53. The van der Waals surface area contributed by atoms with Crippen LogP contribution in [0.2, 0.25) is 0 Å². The number of ether oxygens (including phenoxy) is 1. The predicted molar refractivity (Wildman–Crippen MR) is 59.3 cm³/mol. The van der Waals surface area contributed by atoms with Crippen LogP contribution in [0.5, 0.6) is 0 Å². The molecule has 1 saturated heterocycles. The molecule has 3 unspecified atom stereocenters. The number of rotatable bonds is 4. The van der Waals surface area contributed by atoms with Crippen molar-refractivity contribution < 1.29 is 4.74 Å². The van der Waals surface area contributed by atoms with Gasteiger partial charge in [-0.2, -0.15) is 0 Å². The Morgan fingerprint density at radius 3 is 2.79 bits per heavy atom. The Hall–Kier alpha value is -0.120. The summed E-state index contributed by atoms with van der Waals surface area (Å²) in [6.45, 7) is 6.11. The fourth-order valence-corrected chi connectivity index (χ4v) is 2.67. The molecule has 3 atom stereocenters. The van der Waals surface area contributed by atoms with Crippen LogP contribution >= 0.6 is 0 Å². The Labute approximate surface area is 87.6 Å². The van der Waals surface area contributed by atoms with Crippen LogP contribution in [0, 0.1) is 0 Å². The quantitative estimate of drug-likeness (QED) is 0.741. The van der Waals surface area contributed by atoms with E-state index in [1.54, 1.807) is 7.11 Å². The van der Waals surface area contributed by atoms with Crippen molar-refractivity contribution in [1.29, 1.82) is 0 Å². The predicted octanol–water partition coefficient (Wildman–Crippen LogP) is 1.22. The first kappa shape index (κ1) is 12.0. The molecule has 1 fully saturated rings. The molecule has 0 aromatic rings. The van der Waals surface area contributed by atoms with Crippen LogP contribution in [0.15, 0.2) is 0 Å². The fraction of sp³-hybridized carbons (Fsp3) is 1.00. The minimum absolute atomic E-state index is 0.490. The molecule has 2 N–H and O–H groups in total. The van der Waals surface area contributed by atoms with Crippen LogP contribution in [0.3, 0.4) is 0 Å². The molecule has 0 bridgehead atoms. The summed E-state index contributed by atoms with van der Waals surface area (Å²) in [6.07, 6.45) is 3.86. The van der Waals surface area contributed by atoms with Crippen LogP contribution in [0.4, 0.5) is 0 Å². The van der Waals surface area contributed by atoms with E-state index in [1.165, 1.54) is 19.3 Å². The molecule has 1 rings (SSSR count). The molecule has 0 aliphatic carbocycles. The van der Waals surface area contributed by atoms with Crippen LogP contribution in [0.1, 0.15) is 33.1 Å². The van der Waals surface area contributed by atoms with Gasteiger partial charge in [-0.15, -0.1) is 0 Å². The molecular formula is C11H24N2O. The highest BCUT2D eigenvalue weighted by Crippen LogP contribution is 2.24. The van der Waals surface area contributed by atoms with Gasteiger partial charge in [-0.1, -0.05) is 6.42 Å². The summed E-state index contributed by atoms with van der Waals surface area (Å²) in [5.74, 6) is 0. The molecule has 1 aliphatic rings. The Balaban J connectivity index is 2.58. The highest BCUT2D eigenvalue weighted by atomic mass is 16.5. The van der Waals surface area contributed by atoms with Crippen LogP contribution < -0.4 is 5.73 Å². The standard InChI is InChI=1S/C11H24N2O/c1-9-5-4-6-11(7-12)13(9)10(2)8-14-3/h9-11H,4-8,12H2,1-3H3. The highest BCUT2D eigenvalue weighted by Gasteiger charge is 2.30. The SMILES string of the molecule is COCC(C)N1C(C)CCCC1CN. The van der Waals surface area contributed by atoms with Gasteiger partial charge < -0.3 is 10.5 Å². The second kappa shape index (κ2) is 5.69. The van der Waals surface area contributed by atoms with Crippen LogP contribution in [-0.4, -0.2) is 43.3 Å². The molecule has 1 aliphatic heterocycles. The topological polar surface area (TPSA) is 38.5 Å². The molecule has 3 nitrogen and oxygen atoms in total. The number of hydrogen-bond acceptors (Lipinski definition) is 3. The Kier molecular flexibility index (Phi) is 4.85. The van der Waals surface area contributed by atoms with Gasteiger partial charge in [-0.25, -0.2) is 0 Å². The number of methoxy groups -OCH3 is 1. The average Bonchev–Trinajstić information content (AvgIpc) is 2.17. The van der Waals surface area contributed by atoms with Crippen molar-refractivity contribution in [3.05, 3.63) is 0 Å². The van der Waals surface area contributed by atoms with E-state index in [0.29, 0.717) is 18.1 Å². The molecule has 0 amide bonds. The van der Waals surface area contributed by atoms with Crippen molar-refractivity contribution in [3.63, 3.8) is 0 Å². The summed E-state index contributed by atoms with van der Waals surface area (Å²) >= 11 is 0. The van der Waals surface area contributed by atoms with E-state index in [0.717, 1.165) is 13.2 Å². The summed E-state index contributed by atoms with van der Waals surface area (Å²) in [6, 6.07) is 1.70. The van der Waals surface area contributed by atoms with E-state index in [1.807, 2.05) is 0 Å². The maximum atomic E-state index is 5.81.